The van der Waals surface area contributed by atoms with E-state index in [0.29, 0.717) is 10.4 Å². The Morgan fingerprint density at radius 3 is 2.69 bits per heavy atom. The van der Waals surface area contributed by atoms with Gasteiger partial charge in [0.15, 0.2) is 6.34 Å². The molecule has 1 aliphatic rings. The van der Waals surface area contributed by atoms with Crippen molar-refractivity contribution in [1.82, 2.24) is 10.3 Å². The number of quaternary nitrogens is 1. The Morgan fingerprint density at radius 2 is 2.04 bits per heavy atom. The fourth-order valence-corrected chi connectivity index (χ4v) is 4.60. The van der Waals surface area contributed by atoms with Crippen molar-refractivity contribution >= 4 is 29.7 Å². The SMILES string of the molecule is CNC[N+]1(Cc2ccccn2)C=NC(C(C)C)=C1Sc1cccc(Cl)c1. The molecular formula is C20H24ClN4S+. The van der Waals surface area contributed by atoms with Crippen LogP contribution in [-0.2, 0) is 6.54 Å². The molecule has 1 aromatic carbocycles. The van der Waals surface area contributed by atoms with E-state index >= 15 is 0 Å². The molecule has 1 atom stereocenters. The average molecular weight is 388 g/mol. The monoisotopic (exact) mass is 387 g/mol. The van der Waals surface area contributed by atoms with Gasteiger partial charge >= 0.3 is 0 Å². The van der Waals surface area contributed by atoms with Crippen LogP contribution in [0, 0.1) is 5.92 Å². The van der Waals surface area contributed by atoms with E-state index in [1.807, 2.05) is 49.9 Å². The third kappa shape index (κ3) is 4.18. The molecule has 6 heteroatoms. The zero-order valence-corrected chi connectivity index (χ0v) is 16.9. The maximum atomic E-state index is 6.20. The molecular weight excluding hydrogens is 364 g/mol. The quantitative estimate of drug-likeness (QED) is 0.687. The first kappa shape index (κ1) is 19.1. The van der Waals surface area contributed by atoms with Gasteiger partial charge in [0, 0.05) is 22.0 Å². The second kappa shape index (κ2) is 8.35. The van der Waals surface area contributed by atoms with Crippen LogP contribution in [0.5, 0.6) is 0 Å². The van der Waals surface area contributed by atoms with Crippen molar-refractivity contribution in [2.75, 3.05) is 13.7 Å². The molecule has 0 fully saturated rings. The van der Waals surface area contributed by atoms with E-state index in [-0.39, 0.29) is 0 Å². The minimum Gasteiger partial charge on any atom is -0.273 e. The fraction of sp³-hybridized carbons (Fsp3) is 0.300. The van der Waals surface area contributed by atoms with Gasteiger partial charge in [-0.3, -0.25) is 10.3 Å². The molecule has 0 spiro atoms. The molecule has 136 valence electrons. The summed E-state index contributed by atoms with van der Waals surface area (Å²) in [4.78, 5) is 10.5. The number of aromatic nitrogens is 1. The van der Waals surface area contributed by atoms with E-state index in [4.69, 9.17) is 16.6 Å². The fourth-order valence-electron chi connectivity index (χ4n) is 3.03. The molecule has 1 N–H and O–H groups in total. The average Bonchev–Trinajstić information content (AvgIpc) is 2.94. The first-order chi connectivity index (χ1) is 12.5. The van der Waals surface area contributed by atoms with Crippen LogP contribution in [0.25, 0.3) is 0 Å². The molecule has 2 aromatic rings. The zero-order valence-electron chi connectivity index (χ0n) is 15.3. The lowest BCUT2D eigenvalue weighted by Gasteiger charge is -2.32. The van der Waals surface area contributed by atoms with Crippen LogP contribution in [0.4, 0.5) is 0 Å². The molecule has 0 aliphatic carbocycles. The van der Waals surface area contributed by atoms with Gasteiger partial charge in [-0.15, -0.1) is 0 Å². The van der Waals surface area contributed by atoms with Gasteiger partial charge in [0.1, 0.15) is 18.9 Å². The lowest BCUT2D eigenvalue weighted by molar-refractivity contribution is -0.802. The van der Waals surface area contributed by atoms with Gasteiger partial charge in [0.2, 0.25) is 5.03 Å². The number of aliphatic imine (C=N–C) groups is 1. The molecule has 2 heterocycles. The van der Waals surface area contributed by atoms with Gasteiger partial charge in [-0.25, -0.2) is 9.48 Å². The summed E-state index contributed by atoms with van der Waals surface area (Å²) in [5.74, 6) is 0.341. The van der Waals surface area contributed by atoms with Crippen LogP contribution >= 0.6 is 23.4 Å². The number of nitrogens with one attached hydrogen (secondary N) is 1. The predicted octanol–water partition coefficient (Wildman–Crippen LogP) is 4.89. The highest BCUT2D eigenvalue weighted by atomic mass is 35.5. The van der Waals surface area contributed by atoms with Crippen molar-refractivity contribution in [2.45, 2.75) is 25.3 Å². The maximum Gasteiger partial charge on any atom is 0.201 e. The van der Waals surface area contributed by atoms with Crippen LogP contribution < -0.4 is 5.32 Å². The molecule has 1 aliphatic heterocycles. The maximum absolute atomic E-state index is 6.20. The van der Waals surface area contributed by atoms with Gasteiger partial charge in [0.05, 0.1) is 5.69 Å². The predicted molar refractivity (Wildman–Crippen MR) is 110 cm³/mol. The normalized spacial score (nSPS) is 19.6. The number of benzene rings is 1. The highest BCUT2D eigenvalue weighted by Gasteiger charge is 2.40. The number of hydrogen-bond acceptors (Lipinski definition) is 4. The second-order valence-corrected chi connectivity index (χ2v) is 8.17. The van der Waals surface area contributed by atoms with Crippen molar-refractivity contribution in [1.29, 1.82) is 0 Å². The van der Waals surface area contributed by atoms with Crippen molar-refractivity contribution in [3.8, 4) is 0 Å². The summed E-state index contributed by atoms with van der Waals surface area (Å²) in [6.07, 6.45) is 3.89. The summed E-state index contributed by atoms with van der Waals surface area (Å²) in [5.41, 5.74) is 2.17. The Bertz CT molecular complexity index is 820. The largest absolute Gasteiger partial charge is 0.273 e. The Balaban J connectivity index is 2.02. The molecule has 1 unspecified atom stereocenters. The van der Waals surface area contributed by atoms with Crippen molar-refractivity contribution < 1.29 is 4.48 Å². The molecule has 0 radical (unpaired) electrons. The molecule has 0 bridgehead atoms. The first-order valence-corrected chi connectivity index (χ1v) is 9.88. The molecule has 4 nitrogen and oxygen atoms in total. The number of rotatable bonds is 7. The number of thioether (sulfide) groups is 1. The van der Waals surface area contributed by atoms with Crippen LogP contribution in [0.2, 0.25) is 5.02 Å². The van der Waals surface area contributed by atoms with Gasteiger partial charge in [-0.2, -0.15) is 0 Å². The van der Waals surface area contributed by atoms with Crippen molar-refractivity contribution in [2.24, 2.45) is 10.9 Å². The van der Waals surface area contributed by atoms with E-state index in [1.165, 1.54) is 5.03 Å². The summed E-state index contributed by atoms with van der Waals surface area (Å²) in [7, 11) is 1.97. The second-order valence-electron chi connectivity index (χ2n) is 6.67. The molecule has 3 rings (SSSR count). The Kier molecular flexibility index (Phi) is 6.14. The topological polar surface area (TPSA) is 37.3 Å². The first-order valence-electron chi connectivity index (χ1n) is 8.69. The molecule has 1 aromatic heterocycles. The minimum atomic E-state index is 0.341. The van der Waals surface area contributed by atoms with Crippen LogP contribution in [0.1, 0.15) is 19.5 Å². The van der Waals surface area contributed by atoms with E-state index in [9.17, 15) is 0 Å². The van der Waals surface area contributed by atoms with E-state index < -0.39 is 0 Å². The number of halogens is 1. The smallest absolute Gasteiger partial charge is 0.201 e. The molecule has 0 saturated carbocycles. The number of allylic oxidation sites excluding steroid dienone is 1. The minimum absolute atomic E-state index is 0.341. The van der Waals surface area contributed by atoms with Gasteiger partial charge in [-0.1, -0.05) is 37.6 Å². The number of pyridine rings is 1. The summed E-state index contributed by atoms with van der Waals surface area (Å²) >= 11 is 7.95. The van der Waals surface area contributed by atoms with E-state index in [1.54, 1.807) is 11.8 Å². The van der Waals surface area contributed by atoms with Gasteiger partial charge < -0.3 is 0 Å². The number of hydrogen-bond donors (Lipinski definition) is 1. The summed E-state index contributed by atoms with van der Waals surface area (Å²) in [6.45, 7) is 5.88. The molecule has 26 heavy (non-hydrogen) atoms. The summed E-state index contributed by atoms with van der Waals surface area (Å²) in [5, 5.41) is 5.31. The Labute approximate surface area is 164 Å². The standard InChI is InChI=1S/C20H24ClN4S/c1-15(2)19-20(26-18-9-6-7-16(21)11-18)25(13-22-3,14-24-19)12-17-8-4-5-10-23-17/h4-11,14-15,22H,12-13H2,1-3H3/q+1. The van der Waals surface area contributed by atoms with E-state index in [0.717, 1.165) is 34.5 Å². The third-order valence-electron chi connectivity index (χ3n) is 4.21. The zero-order chi connectivity index (χ0) is 18.6. The third-order valence-corrected chi connectivity index (χ3v) is 5.70. The summed E-state index contributed by atoms with van der Waals surface area (Å²) in [6, 6.07) is 14.0. The highest BCUT2D eigenvalue weighted by Crippen LogP contribution is 2.42. The van der Waals surface area contributed by atoms with E-state index in [2.05, 4.69) is 36.3 Å². The summed E-state index contributed by atoms with van der Waals surface area (Å²) < 4.78 is 0.609. The van der Waals surface area contributed by atoms with Gasteiger partial charge in [-0.05, 0) is 49.1 Å². The lowest BCUT2D eigenvalue weighted by Crippen LogP contribution is -2.48. The van der Waals surface area contributed by atoms with Crippen LogP contribution in [0.15, 0.2) is 69.3 Å². The highest BCUT2D eigenvalue weighted by molar-refractivity contribution is 8.02. The van der Waals surface area contributed by atoms with Crippen LogP contribution in [0.3, 0.4) is 0 Å². The van der Waals surface area contributed by atoms with Crippen molar-refractivity contribution in [3.05, 3.63) is 70.1 Å². The Hall–Kier alpha value is -1.66. The Morgan fingerprint density at radius 1 is 1.19 bits per heavy atom. The molecule has 0 saturated heterocycles. The molecule has 0 amide bonds. The number of nitrogens with zero attached hydrogens (tertiary/aromatic N) is 3. The van der Waals surface area contributed by atoms with Crippen LogP contribution in [-0.4, -0.2) is 29.5 Å². The van der Waals surface area contributed by atoms with Crippen molar-refractivity contribution in [3.63, 3.8) is 0 Å². The van der Waals surface area contributed by atoms with Gasteiger partial charge in [0.25, 0.3) is 0 Å². The lowest BCUT2D eigenvalue weighted by atomic mass is 10.1.